The van der Waals surface area contributed by atoms with E-state index in [1.54, 1.807) is 12.1 Å². The molecule has 0 atom stereocenters. The summed E-state index contributed by atoms with van der Waals surface area (Å²) in [4.78, 5) is 21.1. The van der Waals surface area contributed by atoms with E-state index < -0.39 is 0 Å². The molecule has 5 rings (SSSR count). The van der Waals surface area contributed by atoms with Crippen LogP contribution in [0.25, 0.3) is 11.1 Å². The van der Waals surface area contributed by atoms with E-state index in [1.807, 2.05) is 12.1 Å². The summed E-state index contributed by atoms with van der Waals surface area (Å²) in [6, 6.07) is 8.73. The third-order valence-corrected chi connectivity index (χ3v) is 6.40. The van der Waals surface area contributed by atoms with Gasteiger partial charge >= 0.3 is 0 Å². The smallest absolute Gasteiger partial charge is 0.251 e. The minimum atomic E-state index is -0.184. The van der Waals surface area contributed by atoms with Crippen molar-refractivity contribution in [2.24, 2.45) is 16.3 Å². The van der Waals surface area contributed by atoms with E-state index in [0.29, 0.717) is 16.5 Å². The number of nitrogens with two attached hydrogens (primary N) is 1. The van der Waals surface area contributed by atoms with Gasteiger partial charge in [0, 0.05) is 28.7 Å². The number of fused-ring (bicyclic) bond motifs is 1. The second-order valence-corrected chi connectivity index (χ2v) is 8.70. The third-order valence-electron chi connectivity index (χ3n) is 6.16. The number of carbonyl (C=O) groups is 1. The summed E-state index contributed by atoms with van der Waals surface area (Å²) in [5, 5.41) is 15.4. The maximum atomic E-state index is 12.5. The normalized spacial score (nSPS) is 25.7. The number of nitrogens with zero attached hydrogens (tertiary/aromatic N) is 3. The summed E-state index contributed by atoms with van der Waals surface area (Å²) in [5.41, 5.74) is 8.05. The van der Waals surface area contributed by atoms with Crippen LogP contribution in [0.1, 0.15) is 53.5 Å². The molecule has 2 aliphatic carbocycles. The quantitative estimate of drug-likeness (QED) is 0.254. The van der Waals surface area contributed by atoms with E-state index in [1.165, 1.54) is 12.3 Å². The molecule has 0 unspecified atom stereocenters. The summed E-state index contributed by atoms with van der Waals surface area (Å²) in [7, 11) is 0. The van der Waals surface area contributed by atoms with Crippen molar-refractivity contribution >= 4 is 34.4 Å². The lowest BCUT2D eigenvalue weighted by atomic mass is 9.50. The first-order valence-electron chi connectivity index (χ1n) is 9.75. The number of amides is 1. The van der Waals surface area contributed by atoms with Gasteiger partial charge in [-0.1, -0.05) is 16.8 Å². The number of hydrogen-bond acceptors (Lipinski definition) is 6. The first kappa shape index (κ1) is 18.9. The number of nitrogens with one attached hydrogen (secondary N) is 1. The van der Waals surface area contributed by atoms with Gasteiger partial charge in [0.25, 0.3) is 5.91 Å². The van der Waals surface area contributed by atoms with Gasteiger partial charge in [0.15, 0.2) is 17.3 Å². The van der Waals surface area contributed by atoms with E-state index in [-0.39, 0.29) is 28.9 Å². The molecule has 4 N–H and O–H groups in total. The maximum Gasteiger partial charge on any atom is 0.251 e. The molecule has 2 heterocycles. The van der Waals surface area contributed by atoms with Gasteiger partial charge < -0.3 is 20.7 Å². The first-order valence-corrected chi connectivity index (χ1v) is 10.1. The fourth-order valence-electron chi connectivity index (χ4n) is 4.71. The molecule has 0 aliphatic heterocycles. The maximum absolute atomic E-state index is 12.5. The Hall–Kier alpha value is -3.13. The Morgan fingerprint density at radius 2 is 2.07 bits per heavy atom. The molecule has 1 aromatic carbocycles. The van der Waals surface area contributed by atoms with Gasteiger partial charge in [0.1, 0.15) is 11.2 Å². The van der Waals surface area contributed by atoms with Crippen molar-refractivity contribution in [2.75, 3.05) is 0 Å². The highest BCUT2D eigenvalue weighted by Crippen LogP contribution is 2.61. The zero-order valence-electron chi connectivity index (χ0n) is 16.0. The molecule has 8 nitrogen and oxygen atoms in total. The predicted molar refractivity (Wildman–Crippen MR) is 111 cm³/mol. The number of pyridine rings is 1. The van der Waals surface area contributed by atoms with Crippen LogP contribution in [-0.2, 0) is 0 Å². The molecule has 0 saturated heterocycles. The van der Waals surface area contributed by atoms with Crippen molar-refractivity contribution < 1.29 is 14.4 Å². The molecule has 2 fully saturated rings. The largest absolute Gasteiger partial charge is 0.440 e. The molecule has 0 bridgehead atoms. The van der Waals surface area contributed by atoms with Gasteiger partial charge in [0.05, 0.1) is 0 Å². The SMILES string of the molecule is N/C(=N\O)c1cc(C(=O)NC2CC3(C2)CC(c2nc4cc(Cl)ccc4o2)C3)ccn1. The van der Waals surface area contributed by atoms with Crippen LogP contribution in [0.5, 0.6) is 0 Å². The number of amidine groups is 1. The van der Waals surface area contributed by atoms with Crippen molar-refractivity contribution in [3.05, 3.63) is 58.7 Å². The van der Waals surface area contributed by atoms with Gasteiger partial charge in [0.2, 0.25) is 0 Å². The highest BCUT2D eigenvalue weighted by atomic mass is 35.5. The summed E-state index contributed by atoms with van der Waals surface area (Å²) in [5.74, 6) is 0.777. The second-order valence-electron chi connectivity index (χ2n) is 8.26. The number of benzene rings is 1. The van der Waals surface area contributed by atoms with Crippen molar-refractivity contribution in [1.82, 2.24) is 15.3 Å². The molecule has 2 saturated carbocycles. The average Bonchev–Trinajstić information content (AvgIpc) is 3.10. The van der Waals surface area contributed by atoms with Gasteiger partial charge in [-0.3, -0.25) is 9.78 Å². The van der Waals surface area contributed by atoms with Crippen LogP contribution in [-0.4, -0.2) is 33.0 Å². The summed E-state index contributed by atoms with van der Waals surface area (Å²) >= 11 is 6.02. The Labute approximate surface area is 177 Å². The van der Waals surface area contributed by atoms with Gasteiger partial charge in [-0.2, -0.15) is 0 Å². The van der Waals surface area contributed by atoms with E-state index >= 15 is 0 Å². The number of oxazole rings is 1. The summed E-state index contributed by atoms with van der Waals surface area (Å²) in [6.07, 6.45) is 5.39. The van der Waals surface area contributed by atoms with Gasteiger partial charge in [-0.15, -0.1) is 0 Å². The monoisotopic (exact) mass is 425 g/mol. The predicted octanol–water partition coefficient (Wildman–Crippen LogP) is 3.43. The molecular formula is C21H20ClN5O3. The number of oxime groups is 1. The molecule has 1 amide bonds. The van der Waals surface area contributed by atoms with Gasteiger partial charge in [-0.25, -0.2) is 4.98 Å². The Balaban J connectivity index is 1.17. The van der Waals surface area contributed by atoms with Crippen LogP contribution in [0.3, 0.4) is 0 Å². The lowest BCUT2D eigenvalue weighted by Crippen LogP contribution is -2.55. The van der Waals surface area contributed by atoms with Gasteiger partial charge in [-0.05, 0) is 61.4 Å². The lowest BCUT2D eigenvalue weighted by molar-refractivity contribution is -0.0253. The van der Waals surface area contributed by atoms with Crippen LogP contribution in [0, 0.1) is 5.41 Å². The topological polar surface area (TPSA) is 127 Å². The Morgan fingerprint density at radius 3 is 2.83 bits per heavy atom. The molecular weight excluding hydrogens is 406 g/mol. The number of aromatic nitrogens is 2. The standard InChI is InChI=1S/C21H20ClN5O3/c22-13-1-2-17-15(6-13)26-20(30-17)12-7-21(8-12)9-14(10-21)25-19(28)11-3-4-24-16(5-11)18(23)27-29/h1-6,12,14,29H,7-10H2,(H2,23,27)(H,25,28). The second kappa shape index (κ2) is 6.98. The molecule has 2 aliphatic rings. The van der Waals surface area contributed by atoms with Crippen LogP contribution in [0.4, 0.5) is 0 Å². The van der Waals surface area contributed by atoms with E-state index in [2.05, 4.69) is 20.4 Å². The Bertz CT molecular complexity index is 1160. The van der Waals surface area contributed by atoms with Crippen LogP contribution >= 0.6 is 11.6 Å². The van der Waals surface area contributed by atoms with Crippen LogP contribution in [0.2, 0.25) is 5.02 Å². The zero-order chi connectivity index (χ0) is 20.9. The molecule has 154 valence electrons. The number of halogens is 1. The molecule has 2 aromatic heterocycles. The average molecular weight is 426 g/mol. The third kappa shape index (κ3) is 3.27. The molecule has 30 heavy (non-hydrogen) atoms. The highest BCUT2D eigenvalue weighted by Gasteiger charge is 2.54. The van der Waals surface area contributed by atoms with E-state index in [4.69, 9.17) is 27.0 Å². The highest BCUT2D eigenvalue weighted by molar-refractivity contribution is 6.31. The molecule has 1 spiro atoms. The number of rotatable bonds is 4. The number of hydrogen-bond donors (Lipinski definition) is 3. The van der Waals surface area contributed by atoms with E-state index in [0.717, 1.165) is 42.7 Å². The zero-order valence-corrected chi connectivity index (χ0v) is 16.8. The van der Waals surface area contributed by atoms with Crippen molar-refractivity contribution in [3.63, 3.8) is 0 Å². The van der Waals surface area contributed by atoms with Crippen LogP contribution < -0.4 is 11.1 Å². The molecule has 0 radical (unpaired) electrons. The lowest BCUT2D eigenvalue weighted by Gasteiger charge is -2.57. The molecule has 9 heteroatoms. The first-order chi connectivity index (χ1) is 14.4. The van der Waals surface area contributed by atoms with Crippen molar-refractivity contribution in [2.45, 2.75) is 37.6 Å². The van der Waals surface area contributed by atoms with Crippen molar-refractivity contribution in [1.29, 1.82) is 0 Å². The van der Waals surface area contributed by atoms with Crippen LogP contribution in [0.15, 0.2) is 46.1 Å². The molecule has 3 aromatic rings. The minimum absolute atomic E-state index is 0.130. The van der Waals surface area contributed by atoms with E-state index in [9.17, 15) is 4.79 Å². The number of carbonyl (C=O) groups excluding carboxylic acids is 1. The minimum Gasteiger partial charge on any atom is -0.440 e. The summed E-state index contributed by atoms with van der Waals surface area (Å²) < 4.78 is 5.89. The fourth-order valence-corrected chi connectivity index (χ4v) is 4.87. The van der Waals surface area contributed by atoms with Crippen molar-refractivity contribution in [3.8, 4) is 0 Å². The Morgan fingerprint density at radius 1 is 1.27 bits per heavy atom. The fraction of sp³-hybridized carbons (Fsp3) is 0.333. The summed E-state index contributed by atoms with van der Waals surface area (Å²) in [6.45, 7) is 0. The Kier molecular flexibility index (Phi) is 4.39.